The number of ether oxygens (including phenoxy) is 2. The van der Waals surface area contributed by atoms with Crippen molar-refractivity contribution in [3.63, 3.8) is 0 Å². The van der Waals surface area contributed by atoms with Gasteiger partial charge < -0.3 is 19.3 Å². The molecular formula is C19H23ClN4O3. The van der Waals surface area contributed by atoms with E-state index in [1.54, 1.807) is 6.20 Å². The van der Waals surface area contributed by atoms with Crippen molar-refractivity contribution in [2.24, 2.45) is 0 Å². The molecule has 1 aromatic carbocycles. The minimum atomic E-state index is -0.279. The van der Waals surface area contributed by atoms with E-state index in [1.807, 2.05) is 24.0 Å². The van der Waals surface area contributed by atoms with Crippen LogP contribution in [0.2, 0.25) is 0 Å². The molecule has 144 valence electrons. The number of nitrogens with zero attached hydrogens (tertiary/aromatic N) is 4. The fourth-order valence-corrected chi connectivity index (χ4v) is 3.62. The van der Waals surface area contributed by atoms with E-state index in [-0.39, 0.29) is 11.3 Å². The van der Waals surface area contributed by atoms with Gasteiger partial charge >= 0.3 is 0 Å². The zero-order valence-electron chi connectivity index (χ0n) is 15.4. The smallest absolute Gasteiger partial charge is 0.254 e. The number of carbonyl (C=O) groups excluding carboxylic acids is 1. The first-order valence-corrected chi connectivity index (χ1v) is 9.71. The number of halogens is 1. The largest absolute Gasteiger partial charge is 0.378 e. The molecule has 0 spiro atoms. The van der Waals surface area contributed by atoms with E-state index in [1.165, 1.54) is 0 Å². The zero-order valence-corrected chi connectivity index (χ0v) is 16.1. The molecule has 1 aromatic heterocycles. The average Bonchev–Trinajstić information content (AvgIpc) is 2.73. The van der Waals surface area contributed by atoms with Gasteiger partial charge in [0.25, 0.3) is 5.91 Å². The van der Waals surface area contributed by atoms with Gasteiger partial charge in [0.15, 0.2) is 0 Å². The molecule has 2 fully saturated rings. The molecule has 0 aliphatic carbocycles. The third-order valence-corrected chi connectivity index (χ3v) is 5.21. The van der Waals surface area contributed by atoms with Gasteiger partial charge in [-0.1, -0.05) is 0 Å². The summed E-state index contributed by atoms with van der Waals surface area (Å²) in [4.78, 5) is 26.3. The van der Waals surface area contributed by atoms with Crippen LogP contribution in [-0.4, -0.2) is 73.4 Å². The number of hydrogen-bond acceptors (Lipinski definition) is 6. The number of hydrogen-bond donors (Lipinski definition) is 0. The summed E-state index contributed by atoms with van der Waals surface area (Å²) >= 11 is 6.44. The number of fused-ring (bicyclic) bond motifs is 1. The van der Waals surface area contributed by atoms with Gasteiger partial charge in [0.2, 0.25) is 0 Å². The standard InChI is InChI=1S/C19H23ClN4O3/c1-13(20)15-10-14(19(25)24-4-8-27-9-5-24)11-16-18(15)22-17(12-21-16)23-2-6-26-7-3-23/h10-13H,2-9H2,1H3. The van der Waals surface area contributed by atoms with Crippen molar-refractivity contribution in [1.82, 2.24) is 14.9 Å². The summed E-state index contributed by atoms with van der Waals surface area (Å²) in [7, 11) is 0. The molecule has 0 bridgehead atoms. The molecule has 1 unspecified atom stereocenters. The molecule has 1 atom stereocenters. The van der Waals surface area contributed by atoms with Gasteiger partial charge in [0.05, 0.1) is 49.0 Å². The van der Waals surface area contributed by atoms with Crippen LogP contribution in [0.3, 0.4) is 0 Å². The fourth-order valence-electron chi connectivity index (χ4n) is 3.45. The first kappa shape index (κ1) is 18.4. The second-order valence-corrected chi connectivity index (χ2v) is 7.44. The monoisotopic (exact) mass is 390 g/mol. The van der Waals surface area contributed by atoms with E-state index >= 15 is 0 Å². The van der Waals surface area contributed by atoms with Gasteiger partial charge in [-0.25, -0.2) is 4.98 Å². The number of rotatable bonds is 3. The van der Waals surface area contributed by atoms with Crippen molar-refractivity contribution in [2.75, 3.05) is 57.5 Å². The van der Waals surface area contributed by atoms with Crippen LogP contribution < -0.4 is 4.90 Å². The molecule has 0 radical (unpaired) electrons. The number of anilines is 1. The molecular weight excluding hydrogens is 368 g/mol. The number of alkyl halides is 1. The summed E-state index contributed by atoms with van der Waals surface area (Å²) in [5.41, 5.74) is 2.86. The van der Waals surface area contributed by atoms with Crippen molar-refractivity contribution in [1.29, 1.82) is 0 Å². The molecule has 3 heterocycles. The van der Waals surface area contributed by atoms with Gasteiger partial charge in [-0.05, 0) is 24.6 Å². The van der Waals surface area contributed by atoms with Crippen LogP contribution in [-0.2, 0) is 9.47 Å². The number of morpholine rings is 2. The normalized spacial score (nSPS) is 19.3. The molecule has 0 N–H and O–H groups in total. The molecule has 2 aliphatic rings. The average molecular weight is 391 g/mol. The maximum atomic E-state index is 12.9. The van der Waals surface area contributed by atoms with Crippen molar-refractivity contribution in [2.45, 2.75) is 12.3 Å². The van der Waals surface area contributed by atoms with Crippen LogP contribution in [0.1, 0.15) is 28.2 Å². The molecule has 2 aliphatic heterocycles. The van der Waals surface area contributed by atoms with E-state index in [4.69, 9.17) is 26.1 Å². The minimum Gasteiger partial charge on any atom is -0.378 e. The van der Waals surface area contributed by atoms with Crippen LogP contribution in [0.25, 0.3) is 11.0 Å². The Labute approximate surface area is 163 Å². The lowest BCUT2D eigenvalue weighted by molar-refractivity contribution is 0.0303. The minimum absolute atomic E-state index is 0.0159. The van der Waals surface area contributed by atoms with Gasteiger partial charge in [-0.15, -0.1) is 11.6 Å². The van der Waals surface area contributed by atoms with E-state index in [0.717, 1.165) is 30.0 Å². The number of carbonyl (C=O) groups is 1. The summed E-state index contributed by atoms with van der Waals surface area (Å²) < 4.78 is 10.7. The molecule has 8 heteroatoms. The van der Waals surface area contributed by atoms with Crippen molar-refractivity contribution >= 4 is 34.4 Å². The highest BCUT2D eigenvalue weighted by Gasteiger charge is 2.22. The first-order valence-electron chi connectivity index (χ1n) is 9.28. The predicted octanol–water partition coefficient (Wildman–Crippen LogP) is 2.24. The lowest BCUT2D eigenvalue weighted by Gasteiger charge is -2.28. The summed E-state index contributed by atoms with van der Waals surface area (Å²) in [5.74, 6) is 0.800. The Morgan fingerprint density at radius 3 is 2.44 bits per heavy atom. The Hall–Kier alpha value is -1.96. The number of aromatic nitrogens is 2. The molecule has 0 saturated carbocycles. The molecule has 1 amide bonds. The highest BCUT2D eigenvalue weighted by Crippen LogP contribution is 2.29. The zero-order chi connectivity index (χ0) is 18.8. The Morgan fingerprint density at radius 2 is 1.78 bits per heavy atom. The lowest BCUT2D eigenvalue weighted by atomic mass is 10.0. The fraction of sp³-hybridized carbons (Fsp3) is 0.526. The summed E-state index contributed by atoms with van der Waals surface area (Å²) in [6.45, 7) is 7.19. The predicted molar refractivity (Wildman–Crippen MR) is 104 cm³/mol. The Bertz CT molecular complexity index is 833. The Morgan fingerprint density at radius 1 is 1.11 bits per heavy atom. The second kappa shape index (κ2) is 7.96. The second-order valence-electron chi connectivity index (χ2n) is 6.78. The summed E-state index contributed by atoms with van der Waals surface area (Å²) in [5, 5.41) is -0.279. The van der Waals surface area contributed by atoms with E-state index < -0.39 is 0 Å². The van der Waals surface area contributed by atoms with E-state index in [0.29, 0.717) is 50.6 Å². The molecule has 27 heavy (non-hydrogen) atoms. The summed E-state index contributed by atoms with van der Waals surface area (Å²) in [6.07, 6.45) is 1.76. The highest BCUT2D eigenvalue weighted by molar-refractivity contribution is 6.21. The van der Waals surface area contributed by atoms with Crippen LogP contribution in [0, 0.1) is 0 Å². The quantitative estimate of drug-likeness (QED) is 0.749. The van der Waals surface area contributed by atoms with Crippen LogP contribution in [0.4, 0.5) is 5.82 Å². The Kier molecular flexibility index (Phi) is 5.43. The SMILES string of the molecule is CC(Cl)c1cc(C(=O)N2CCOCC2)cc2ncc(N3CCOCC3)nc12. The molecule has 7 nitrogen and oxygen atoms in total. The first-order chi connectivity index (χ1) is 13.1. The van der Waals surface area contributed by atoms with Crippen LogP contribution >= 0.6 is 11.6 Å². The highest BCUT2D eigenvalue weighted by atomic mass is 35.5. The maximum absolute atomic E-state index is 12.9. The molecule has 2 saturated heterocycles. The van der Waals surface area contributed by atoms with Crippen LogP contribution in [0.15, 0.2) is 18.3 Å². The maximum Gasteiger partial charge on any atom is 0.254 e. The third-order valence-electron chi connectivity index (χ3n) is 4.97. The van der Waals surface area contributed by atoms with Gasteiger partial charge in [-0.2, -0.15) is 0 Å². The van der Waals surface area contributed by atoms with E-state index in [9.17, 15) is 4.79 Å². The Balaban J connectivity index is 1.72. The number of benzene rings is 1. The molecule has 2 aromatic rings. The van der Waals surface area contributed by atoms with Gasteiger partial charge in [-0.3, -0.25) is 9.78 Å². The lowest BCUT2D eigenvalue weighted by Crippen LogP contribution is -2.40. The third kappa shape index (κ3) is 3.85. The van der Waals surface area contributed by atoms with Crippen molar-refractivity contribution in [3.05, 3.63) is 29.5 Å². The van der Waals surface area contributed by atoms with Crippen molar-refractivity contribution in [3.8, 4) is 0 Å². The van der Waals surface area contributed by atoms with Crippen LogP contribution in [0.5, 0.6) is 0 Å². The van der Waals surface area contributed by atoms with Crippen molar-refractivity contribution < 1.29 is 14.3 Å². The van der Waals surface area contributed by atoms with Gasteiger partial charge in [0.1, 0.15) is 5.82 Å². The molecule has 4 rings (SSSR count). The van der Waals surface area contributed by atoms with E-state index in [2.05, 4.69) is 9.88 Å². The topological polar surface area (TPSA) is 67.8 Å². The number of amides is 1. The van der Waals surface area contributed by atoms with Gasteiger partial charge in [0, 0.05) is 31.7 Å². The summed E-state index contributed by atoms with van der Waals surface area (Å²) in [6, 6.07) is 3.67.